The Balaban J connectivity index is 1.20. The third-order valence-electron chi connectivity index (χ3n) is 9.56. The van der Waals surface area contributed by atoms with Crippen molar-refractivity contribution in [2.24, 2.45) is 17.8 Å². The van der Waals surface area contributed by atoms with Gasteiger partial charge in [-0.2, -0.15) is 4.39 Å². The van der Waals surface area contributed by atoms with Crippen molar-refractivity contribution in [3.63, 3.8) is 0 Å². The van der Waals surface area contributed by atoms with Gasteiger partial charge in [0.1, 0.15) is 0 Å². The summed E-state index contributed by atoms with van der Waals surface area (Å²) in [6, 6.07) is 12.2. The minimum Gasteiger partial charge on any atom is -0.490 e. The van der Waals surface area contributed by atoms with E-state index in [0.717, 1.165) is 30.6 Å². The predicted molar refractivity (Wildman–Crippen MR) is 155 cm³/mol. The molecule has 0 heterocycles. The van der Waals surface area contributed by atoms with Gasteiger partial charge < -0.3 is 4.74 Å². The molecule has 2 aromatic rings. The van der Waals surface area contributed by atoms with Crippen LogP contribution in [-0.4, -0.2) is 6.61 Å². The molecule has 210 valence electrons. The van der Waals surface area contributed by atoms with E-state index in [4.69, 9.17) is 4.74 Å². The molecular formula is C35H50F2O. The zero-order valence-corrected chi connectivity index (χ0v) is 24.0. The first kappa shape index (κ1) is 29.1. The van der Waals surface area contributed by atoms with E-state index in [9.17, 15) is 8.78 Å². The maximum Gasteiger partial charge on any atom is 0.200 e. The molecule has 0 N–H and O–H groups in total. The predicted octanol–water partition coefficient (Wildman–Crippen LogP) is 10.6. The van der Waals surface area contributed by atoms with Gasteiger partial charge in [0.15, 0.2) is 11.6 Å². The lowest BCUT2D eigenvalue weighted by Gasteiger charge is -2.38. The maximum absolute atomic E-state index is 14.6. The van der Waals surface area contributed by atoms with Gasteiger partial charge >= 0.3 is 0 Å². The van der Waals surface area contributed by atoms with Crippen molar-refractivity contribution in [3.05, 3.63) is 64.7 Å². The molecule has 2 saturated carbocycles. The molecule has 38 heavy (non-hydrogen) atoms. The molecule has 0 amide bonds. The number of halogens is 2. The molecule has 0 aliphatic heterocycles. The summed E-state index contributed by atoms with van der Waals surface area (Å²) in [6.07, 6.45) is 20.0. The minimum absolute atomic E-state index is 0.0221. The van der Waals surface area contributed by atoms with Crippen LogP contribution in [0, 0.1) is 29.4 Å². The van der Waals surface area contributed by atoms with Crippen LogP contribution in [0.4, 0.5) is 8.78 Å². The quantitative estimate of drug-likeness (QED) is 0.237. The fraction of sp³-hybridized carbons (Fsp3) is 0.657. The smallest absolute Gasteiger partial charge is 0.200 e. The highest BCUT2D eigenvalue weighted by Crippen LogP contribution is 2.44. The second-order valence-corrected chi connectivity index (χ2v) is 12.2. The number of hydrogen-bond donors (Lipinski definition) is 0. The lowest BCUT2D eigenvalue weighted by atomic mass is 9.68. The van der Waals surface area contributed by atoms with Crippen molar-refractivity contribution in [1.82, 2.24) is 0 Å². The topological polar surface area (TPSA) is 9.23 Å². The van der Waals surface area contributed by atoms with Gasteiger partial charge in [-0.3, -0.25) is 0 Å². The van der Waals surface area contributed by atoms with E-state index in [1.54, 1.807) is 12.1 Å². The van der Waals surface area contributed by atoms with Gasteiger partial charge in [-0.05, 0) is 104 Å². The molecule has 0 atom stereocenters. The number of ether oxygens (including phenoxy) is 1. The lowest BCUT2D eigenvalue weighted by molar-refractivity contribution is 0.155. The fourth-order valence-corrected chi connectivity index (χ4v) is 6.99. The Hall–Kier alpha value is -1.90. The van der Waals surface area contributed by atoms with Crippen LogP contribution in [0.1, 0.15) is 126 Å². The van der Waals surface area contributed by atoms with E-state index < -0.39 is 11.6 Å². The van der Waals surface area contributed by atoms with Gasteiger partial charge in [0.05, 0.1) is 6.61 Å². The van der Waals surface area contributed by atoms with Crippen LogP contribution in [0.15, 0.2) is 36.4 Å². The second-order valence-electron chi connectivity index (χ2n) is 12.2. The molecule has 4 rings (SSSR count). The minimum atomic E-state index is -0.857. The average molecular weight is 525 g/mol. The zero-order chi connectivity index (χ0) is 26.7. The summed E-state index contributed by atoms with van der Waals surface area (Å²) in [5, 5.41) is 0. The first-order chi connectivity index (χ1) is 18.6. The largest absolute Gasteiger partial charge is 0.490 e. The zero-order valence-electron chi connectivity index (χ0n) is 24.0. The van der Waals surface area contributed by atoms with E-state index >= 15 is 0 Å². The molecule has 2 aromatic carbocycles. The summed E-state index contributed by atoms with van der Waals surface area (Å²) in [7, 11) is 0. The van der Waals surface area contributed by atoms with Crippen LogP contribution in [0.5, 0.6) is 5.75 Å². The summed E-state index contributed by atoms with van der Waals surface area (Å²) in [5.74, 6) is 2.00. The third kappa shape index (κ3) is 8.06. The molecule has 2 fully saturated rings. The normalized spacial score (nSPS) is 23.9. The van der Waals surface area contributed by atoms with Crippen molar-refractivity contribution < 1.29 is 13.5 Å². The standard InChI is InChI=1S/C35H50F2O/c1-3-5-7-8-26-9-14-28(15-10-26)30-19-21-31(22-20-30)29-16-11-27(12-17-29)13-18-32-23-24-33(35(37)34(32)36)38-25-6-4-2/h11-12,16-17,23-24,26,28,30-31H,3-10,13-15,18-22,25H2,1-2H3. The van der Waals surface area contributed by atoms with Gasteiger partial charge in [0.2, 0.25) is 5.82 Å². The first-order valence-electron chi connectivity index (χ1n) is 15.8. The lowest BCUT2D eigenvalue weighted by Crippen LogP contribution is -2.25. The Morgan fingerprint density at radius 2 is 1.34 bits per heavy atom. The second kappa shape index (κ2) is 15.0. The monoisotopic (exact) mass is 524 g/mol. The van der Waals surface area contributed by atoms with E-state index in [0.29, 0.717) is 30.9 Å². The molecule has 2 aliphatic rings. The van der Waals surface area contributed by atoms with E-state index in [1.807, 2.05) is 6.92 Å². The highest BCUT2D eigenvalue weighted by molar-refractivity contribution is 5.32. The first-order valence-corrected chi connectivity index (χ1v) is 15.8. The average Bonchev–Trinajstić information content (AvgIpc) is 2.96. The van der Waals surface area contributed by atoms with E-state index in [1.165, 1.54) is 88.2 Å². The molecule has 0 bridgehead atoms. The molecular weight excluding hydrogens is 474 g/mol. The summed E-state index contributed by atoms with van der Waals surface area (Å²) < 4.78 is 34.4. The Labute approximate surface area is 230 Å². The highest BCUT2D eigenvalue weighted by Gasteiger charge is 2.31. The van der Waals surface area contributed by atoms with Crippen molar-refractivity contribution in [2.75, 3.05) is 6.61 Å². The van der Waals surface area contributed by atoms with Crippen LogP contribution in [-0.2, 0) is 12.8 Å². The van der Waals surface area contributed by atoms with Gasteiger partial charge in [-0.15, -0.1) is 0 Å². The van der Waals surface area contributed by atoms with Gasteiger partial charge in [0, 0.05) is 0 Å². The SMILES string of the molecule is CCCCCC1CCC(C2CCC(c3ccc(CCc4ccc(OCCCC)c(F)c4F)cc3)CC2)CC1. The van der Waals surface area contributed by atoms with Crippen LogP contribution >= 0.6 is 0 Å². The molecule has 0 unspecified atom stereocenters. The molecule has 0 spiro atoms. The Morgan fingerprint density at radius 3 is 2.00 bits per heavy atom. The number of hydrogen-bond acceptors (Lipinski definition) is 1. The van der Waals surface area contributed by atoms with Crippen LogP contribution in [0.25, 0.3) is 0 Å². The Bertz CT molecular complexity index is 953. The third-order valence-corrected chi connectivity index (χ3v) is 9.56. The highest BCUT2D eigenvalue weighted by atomic mass is 19.2. The molecule has 1 nitrogen and oxygen atoms in total. The number of rotatable bonds is 13. The summed E-state index contributed by atoms with van der Waals surface area (Å²) in [4.78, 5) is 0. The van der Waals surface area contributed by atoms with Crippen LogP contribution < -0.4 is 4.74 Å². The van der Waals surface area contributed by atoms with Gasteiger partial charge in [-0.1, -0.05) is 89.1 Å². The van der Waals surface area contributed by atoms with E-state index in [2.05, 4.69) is 31.2 Å². The van der Waals surface area contributed by atoms with Crippen molar-refractivity contribution in [2.45, 2.75) is 122 Å². The van der Waals surface area contributed by atoms with Crippen LogP contribution in [0.3, 0.4) is 0 Å². The summed E-state index contributed by atoms with van der Waals surface area (Å²) >= 11 is 0. The molecule has 0 radical (unpaired) electrons. The van der Waals surface area contributed by atoms with Gasteiger partial charge in [0.25, 0.3) is 0 Å². The molecule has 0 saturated heterocycles. The molecule has 2 aliphatic carbocycles. The Kier molecular flexibility index (Phi) is 11.5. The molecule has 0 aromatic heterocycles. The fourth-order valence-electron chi connectivity index (χ4n) is 6.99. The molecule has 3 heteroatoms. The Morgan fingerprint density at radius 1 is 0.684 bits per heavy atom. The number of unbranched alkanes of at least 4 members (excludes halogenated alkanes) is 3. The summed E-state index contributed by atoms with van der Waals surface area (Å²) in [5.41, 5.74) is 3.06. The van der Waals surface area contributed by atoms with Crippen molar-refractivity contribution in [1.29, 1.82) is 0 Å². The van der Waals surface area contributed by atoms with Crippen LogP contribution in [0.2, 0.25) is 0 Å². The number of benzene rings is 2. The van der Waals surface area contributed by atoms with Crippen molar-refractivity contribution in [3.8, 4) is 5.75 Å². The van der Waals surface area contributed by atoms with Gasteiger partial charge in [-0.25, -0.2) is 4.39 Å². The van der Waals surface area contributed by atoms with E-state index in [-0.39, 0.29) is 5.75 Å². The van der Waals surface area contributed by atoms with Crippen molar-refractivity contribution >= 4 is 0 Å². The number of aryl methyl sites for hydroxylation is 2. The maximum atomic E-state index is 14.6. The summed E-state index contributed by atoms with van der Waals surface area (Å²) in [6.45, 7) is 4.77.